The second-order valence-corrected chi connectivity index (χ2v) is 4.93. The zero-order chi connectivity index (χ0) is 13.7. The number of fused-ring (bicyclic) bond motifs is 1. The highest BCUT2D eigenvalue weighted by atomic mass is 16.5. The van der Waals surface area contributed by atoms with Crippen molar-refractivity contribution in [3.05, 3.63) is 42.0 Å². The van der Waals surface area contributed by atoms with Gasteiger partial charge in [-0.05, 0) is 41.0 Å². The number of rotatable bonds is 3. The molecule has 0 aliphatic carbocycles. The van der Waals surface area contributed by atoms with Gasteiger partial charge in [-0.2, -0.15) is 0 Å². The Hall–Kier alpha value is -1.98. The van der Waals surface area contributed by atoms with E-state index < -0.39 is 0 Å². The van der Waals surface area contributed by atoms with Gasteiger partial charge >= 0.3 is 0 Å². The Labute approximate surface area is 114 Å². The maximum Gasteiger partial charge on any atom is 0.119 e. The van der Waals surface area contributed by atoms with Crippen LogP contribution in [0.1, 0.15) is 19.4 Å². The van der Waals surface area contributed by atoms with Crippen LogP contribution in [0.5, 0.6) is 5.75 Å². The number of ether oxygens (including phenoxy) is 1. The van der Waals surface area contributed by atoms with Gasteiger partial charge in [0.25, 0.3) is 0 Å². The van der Waals surface area contributed by atoms with Gasteiger partial charge in [-0.15, -0.1) is 0 Å². The Bertz CT molecular complexity index is 620. The summed E-state index contributed by atoms with van der Waals surface area (Å²) in [5, 5.41) is 2.33. The Kier molecular flexibility index (Phi) is 4.43. The molecule has 0 aliphatic heterocycles. The van der Waals surface area contributed by atoms with E-state index in [4.69, 9.17) is 10.5 Å². The maximum atomic E-state index is 5.73. The minimum atomic E-state index is 0.389. The van der Waals surface area contributed by atoms with E-state index >= 15 is 0 Å². The lowest BCUT2D eigenvalue weighted by Gasteiger charge is -2.09. The molecule has 2 rings (SSSR count). The zero-order valence-corrected chi connectivity index (χ0v) is 11.4. The minimum absolute atomic E-state index is 0.389. The predicted octanol–water partition coefficient (Wildman–Crippen LogP) is 3.18. The summed E-state index contributed by atoms with van der Waals surface area (Å²) in [5.74, 6) is 7.36. The summed E-state index contributed by atoms with van der Waals surface area (Å²) in [7, 11) is 0. The van der Waals surface area contributed by atoms with Crippen LogP contribution in [0.4, 0.5) is 0 Å². The van der Waals surface area contributed by atoms with E-state index in [1.807, 2.05) is 12.1 Å². The SMILES string of the molecule is CC(C)COc1ccc2cc(C#CCN)ccc2c1. The second kappa shape index (κ2) is 6.26. The van der Waals surface area contributed by atoms with Crippen molar-refractivity contribution < 1.29 is 4.74 Å². The van der Waals surface area contributed by atoms with Crippen molar-refractivity contribution in [2.45, 2.75) is 13.8 Å². The average Bonchev–Trinajstić information content (AvgIpc) is 2.42. The molecule has 0 radical (unpaired) electrons. The van der Waals surface area contributed by atoms with Crippen LogP contribution >= 0.6 is 0 Å². The molecule has 2 nitrogen and oxygen atoms in total. The van der Waals surface area contributed by atoms with E-state index in [0.29, 0.717) is 12.5 Å². The van der Waals surface area contributed by atoms with Crippen molar-refractivity contribution in [1.29, 1.82) is 0 Å². The molecule has 98 valence electrons. The molecule has 0 spiro atoms. The molecular weight excluding hydrogens is 234 g/mol. The standard InChI is InChI=1S/C17H19NO/c1-13(2)12-19-17-8-7-15-10-14(4-3-9-18)5-6-16(15)11-17/h5-8,10-11,13H,9,12,18H2,1-2H3. The number of benzene rings is 2. The van der Waals surface area contributed by atoms with Crippen molar-refractivity contribution in [3.8, 4) is 17.6 Å². The average molecular weight is 253 g/mol. The van der Waals surface area contributed by atoms with Crippen LogP contribution < -0.4 is 10.5 Å². The van der Waals surface area contributed by atoms with E-state index in [0.717, 1.165) is 17.9 Å². The normalized spacial score (nSPS) is 10.3. The van der Waals surface area contributed by atoms with Gasteiger partial charge in [0.15, 0.2) is 0 Å². The topological polar surface area (TPSA) is 35.2 Å². The van der Waals surface area contributed by atoms with E-state index in [2.05, 4.69) is 50.0 Å². The second-order valence-electron chi connectivity index (χ2n) is 4.93. The smallest absolute Gasteiger partial charge is 0.119 e. The van der Waals surface area contributed by atoms with E-state index in [1.54, 1.807) is 0 Å². The molecule has 0 aromatic heterocycles. The summed E-state index contributed by atoms with van der Waals surface area (Å²) in [6, 6.07) is 12.3. The van der Waals surface area contributed by atoms with Crippen LogP contribution in [0, 0.1) is 17.8 Å². The Morgan fingerprint density at radius 3 is 2.58 bits per heavy atom. The fraction of sp³-hybridized carbons (Fsp3) is 0.294. The fourth-order valence-corrected chi connectivity index (χ4v) is 1.81. The van der Waals surface area contributed by atoms with E-state index in [9.17, 15) is 0 Å². The van der Waals surface area contributed by atoms with E-state index in [1.165, 1.54) is 10.8 Å². The molecule has 0 amide bonds. The first-order valence-electron chi connectivity index (χ1n) is 6.54. The minimum Gasteiger partial charge on any atom is -0.493 e. The molecule has 0 aliphatic rings. The van der Waals surface area contributed by atoms with Gasteiger partial charge in [0.2, 0.25) is 0 Å². The zero-order valence-electron chi connectivity index (χ0n) is 11.4. The lowest BCUT2D eigenvalue weighted by Crippen LogP contribution is -2.04. The van der Waals surface area contributed by atoms with Crippen molar-refractivity contribution in [2.24, 2.45) is 11.7 Å². The molecule has 2 N–H and O–H groups in total. The highest BCUT2D eigenvalue weighted by Crippen LogP contribution is 2.22. The summed E-state index contributed by atoms with van der Waals surface area (Å²) in [6.07, 6.45) is 0. The molecule has 2 aromatic rings. The van der Waals surface area contributed by atoms with Crippen LogP contribution in [0.2, 0.25) is 0 Å². The molecule has 0 fully saturated rings. The summed E-state index contributed by atoms with van der Waals surface area (Å²) in [4.78, 5) is 0. The molecule has 0 saturated heterocycles. The maximum absolute atomic E-state index is 5.73. The van der Waals surface area contributed by atoms with Gasteiger partial charge < -0.3 is 10.5 Å². The van der Waals surface area contributed by atoms with Crippen molar-refractivity contribution >= 4 is 10.8 Å². The quantitative estimate of drug-likeness (QED) is 0.853. The molecule has 2 heteroatoms. The summed E-state index contributed by atoms with van der Waals surface area (Å²) in [6.45, 7) is 5.42. The molecule has 2 aromatic carbocycles. The van der Waals surface area contributed by atoms with Crippen molar-refractivity contribution in [3.63, 3.8) is 0 Å². The Morgan fingerprint density at radius 1 is 1.11 bits per heavy atom. The van der Waals surface area contributed by atoms with Gasteiger partial charge in [-0.1, -0.05) is 37.8 Å². The van der Waals surface area contributed by atoms with Crippen LogP contribution in [0.3, 0.4) is 0 Å². The van der Waals surface area contributed by atoms with Crippen LogP contribution in [-0.2, 0) is 0 Å². The number of nitrogens with two attached hydrogens (primary N) is 1. The van der Waals surface area contributed by atoms with Gasteiger partial charge in [0, 0.05) is 5.56 Å². The predicted molar refractivity (Wildman–Crippen MR) is 80.2 cm³/mol. The number of hydrogen-bond donors (Lipinski definition) is 1. The summed E-state index contributed by atoms with van der Waals surface area (Å²) in [5.41, 5.74) is 6.37. The molecule has 0 heterocycles. The Balaban J connectivity index is 2.25. The number of hydrogen-bond acceptors (Lipinski definition) is 2. The molecule has 0 bridgehead atoms. The van der Waals surface area contributed by atoms with Crippen molar-refractivity contribution in [1.82, 2.24) is 0 Å². The summed E-state index contributed by atoms with van der Waals surface area (Å²) >= 11 is 0. The van der Waals surface area contributed by atoms with Gasteiger partial charge in [0.1, 0.15) is 5.75 Å². The van der Waals surface area contributed by atoms with Gasteiger partial charge in [0.05, 0.1) is 13.2 Å². The third kappa shape index (κ3) is 3.74. The molecule has 0 unspecified atom stereocenters. The van der Waals surface area contributed by atoms with E-state index in [-0.39, 0.29) is 0 Å². The van der Waals surface area contributed by atoms with Crippen LogP contribution in [0.15, 0.2) is 36.4 Å². The third-order valence-corrected chi connectivity index (χ3v) is 2.73. The van der Waals surface area contributed by atoms with Crippen LogP contribution in [0.25, 0.3) is 10.8 Å². The first-order valence-corrected chi connectivity index (χ1v) is 6.54. The molecule has 0 saturated carbocycles. The molecular formula is C17H19NO. The van der Waals surface area contributed by atoms with Gasteiger partial charge in [-0.3, -0.25) is 0 Å². The first kappa shape index (κ1) is 13.5. The lowest BCUT2D eigenvalue weighted by molar-refractivity contribution is 0.271. The lowest BCUT2D eigenvalue weighted by atomic mass is 10.1. The molecule has 0 atom stereocenters. The molecule has 19 heavy (non-hydrogen) atoms. The highest BCUT2D eigenvalue weighted by molar-refractivity contribution is 5.85. The van der Waals surface area contributed by atoms with Crippen LogP contribution in [-0.4, -0.2) is 13.2 Å². The fourth-order valence-electron chi connectivity index (χ4n) is 1.81. The van der Waals surface area contributed by atoms with Crippen molar-refractivity contribution in [2.75, 3.05) is 13.2 Å². The monoisotopic (exact) mass is 253 g/mol. The Morgan fingerprint density at radius 2 is 1.84 bits per heavy atom. The summed E-state index contributed by atoms with van der Waals surface area (Å²) < 4.78 is 5.73. The first-order chi connectivity index (χ1) is 9.19. The largest absolute Gasteiger partial charge is 0.493 e. The van der Waals surface area contributed by atoms with Gasteiger partial charge in [-0.25, -0.2) is 0 Å². The third-order valence-electron chi connectivity index (χ3n) is 2.73. The highest BCUT2D eigenvalue weighted by Gasteiger charge is 2.00.